The van der Waals surface area contributed by atoms with Crippen LogP contribution in [0.4, 0.5) is 0 Å². The molecule has 11 heteroatoms. The van der Waals surface area contributed by atoms with Crippen molar-refractivity contribution >= 4 is 18.1 Å². The number of methoxy groups -OCH3 is 2. The molecule has 0 heterocycles. The molecule has 0 saturated heterocycles. The molecule has 45 heavy (non-hydrogen) atoms. The first-order chi connectivity index (χ1) is 21.7. The Hall–Kier alpha value is -4.41. The van der Waals surface area contributed by atoms with Crippen LogP contribution >= 0.6 is 0 Å². The van der Waals surface area contributed by atoms with Gasteiger partial charge in [0.05, 0.1) is 24.1 Å². The molecule has 0 aliphatic heterocycles. The molecule has 2 aromatic carbocycles. The Labute approximate surface area is 266 Å². The number of carbonyl (C=O) groups is 1. The first-order valence-corrected chi connectivity index (χ1v) is 15.6. The second-order valence-corrected chi connectivity index (χ2v) is 10.5. The lowest BCUT2D eigenvalue weighted by Gasteiger charge is -2.08. The van der Waals surface area contributed by atoms with Gasteiger partial charge in [-0.25, -0.2) is 0 Å². The highest BCUT2D eigenvalue weighted by Gasteiger charge is 2.09. The van der Waals surface area contributed by atoms with Crippen LogP contribution in [0.3, 0.4) is 0 Å². The Morgan fingerprint density at radius 3 is 1.80 bits per heavy atom. The summed E-state index contributed by atoms with van der Waals surface area (Å²) in [4.78, 5) is 31.4. The minimum Gasteiger partial charge on any atom is -0.504 e. The number of esters is 1. The maximum atomic E-state index is 12.0. The van der Waals surface area contributed by atoms with Crippen LogP contribution in [0, 0.1) is 20.2 Å². The topological polar surface area (TPSA) is 151 Å². The van der Waals surface area contributed by atoms with Gasteiger partial charge in [-0.2, -0.15) is 0 Å². The molecule has 2 aromatic rings. The fourth-order valence-corrected chi connectivity index (χ4v) is 4.45. The van der Waals surface area contributed by atoms with Crippen LogP contribution in [0.15, 0.2) is 48.8 Å². The molecule has 0 bridgehead atoms. The molecule has 0 aliphatic rings. The van der Waals surface area contributed by atoms with Gasteiger partial charge in [-0.05, 0) is 36.2 Å². The van der Waals surface area contributed by atoms with E-state index in [1.807, 2.05) is 0 Å². The van der Waals surface area contributed by atoms with Crippen LogP contribution in [0.25, 0.3) is 12.2 Å². The van der Waals surface area contributed by atoms with E-state index in [2.05, 4.69) is 6.92 Å². The van der Waals surface area contributed by atoms with E-state index in [9.17, 15) is 30.1 Å². The summed E-state index contributed by atoms with van der Waals surface area (Å²) < 4.78 is 15.4. The molecule has 0 amide bonds. The van der Waals surface area contributed by atoms with Gasteiger partial charge >= 0.3 is 5.97 Å². The zero-order valence-electron chi connectivity index (χ0n) is 26.8. The van der Waals surface area contributed by atoms with Gasteiger partial charge in [0.1, 0.15) is 11.5 Å². The van der Waals surface area contributed by atoms with Crippen LogP contribution in [0.1, 0.15) is 108 Å². The van der Waals surface area contributed by atoms with E-state index in [-0.39, 0.29) is 17.5 Å². The van der Waals surface area contributed by atoms with Crippen LogP contribution < -0.4 is 14.2 Å². The van der Waals surface area contributed by atoms with Crippen molar-refractivity contribution in [2.45, 2.75) is 96.8 Å². The van der Waals surface area contributed by atoms with Gasteiger partial charge in [0.25, 0.3) is 0 Å². The number of hydrogen-bond donors (Lipinski definition) is 1. The lowest BCUT2D eigenvalue weighted by atomic mass is 10.0. The van der Waals surface area contributed by atoms with Gasteiger partial charge in [0.2, 0.25) is 12.4 Å². The maximum Gasteiger partial charge on any atom is 0.311 e. The largest absolute Gasteiger partial charge is 0.504 e. The summed E-state index contributed by atoms with van der Waals surface area (Å²) in [6.45, 7) is 2.25. The smallest absolute Gasteiger partial charge is 0.311 e. The molecule has 0 saturated carbocycles. The normalized spacial score (nSPS) is 10.8. The minimum atomic E-state index is -0.556. The van der Waals surface area contributed by atoms with Gasteiger partial charge in [-0.3, -0.25) is 25.0 Å². The van der Waals surface area contributed by atoms with Gasteiger partial charge in [0.15, 0.2) is 11.5 Å². The lowest BCUT2D eigenvalue weighted by molar-refractivity contribution is -0.401. The molecule has 1 N–H and O–H groups in total. The second-order valence-electron chi connectivity index (χ2n) is 10.5. The van der Waals surface area contributed by atoms with Crippen LogP contribution in [0.5, 0.6) is 23.0 Å². The van der Waals surface area contributed by atoms with Crippen molar-refractivity contribution in [3.8, 4) is 23.0 Å². The standard InChI is InChI=1S/C25H39NO5.C9H9NO4/c1-3-4-5-6-7-8-9-10-11-12-13-14-15-16-25(27)31-23-18-17-22(19-20-26(28)29)24(21-23)30-2;1-14-9-6-7(2-3-8(9)11)4-5-10(12)13/h17-21H,3-16H2,1-2H3;2-6,11H,1H3. The average Bonchev–Trinajstić information content (AvgIpc) is 3.02. The first kappa shape index (κ1) is 38.6. The quantitative estimate of drug-likeness (QED) is 0.0469. The number of benzene rings is 2. The number of ether oxygens (including phenoxy) is 3. The third-order valence-corrected chi connectivity index (χ3v) is 6.89. The van der Waals surface area contributed by atoms with Crippen molar-refractivity contribution in [2.75, 3.05) is 14.2 Å². The van der Waals surface area contributed by atoms with E-state index in [1.54, 1.807) is 24.3 Å². The lowest BCUT2D eigenvalue weighted by Crippen LogP contribution is -2.07. The Kier molecular flexibility index (Phi) is 20.6. The molecule has 0 unspecified atom stereocenters. The average molecular weight is 629 g/mol. The van der Waals surface area contributed by atoms with Crippen LogP contribution in [0.2, 0.25) is 0 Å². The third kappa shape index (κ3) is 18.8. The predicted molar refractivity (Wildman–Crippen MR) is 176 cm³/mol. The zero-order valence-corrected chi connectivity index (χ0v) is 26.8. The zero-order chi connectivity index (χ0) is 33.3. The fraction of sp³-hybridized carbons (Fsp3) is 0.500. The van der Waals surface area contributed by atoms with Crippen molar-refractivity contribution in [1.82, 2.24) is 0 Å². The summed E-state index contributed by atoms with van der Waals surface area (Å²) in [7, 11) is 2.88. The minimum absolute atomic E-state index is 0.00533. The van der Waals surface area contributed by atoms with Crippen LogP contribution in [-0.2, 0) is 4.79 Å². The number of carbonyl (C=O) groups excluding carboxylic acids is 1. The molecular weight excluding hydrogens is 580 g/mol. The molecule has 11 nitrogen and oxygen atoms in total. The molecule has 0 aliphatic carbocycles. The van der Waals surface area contributed by atoms with E-state index in [4.69, 9.17) is 14.2 Å². The van der Waals surface area contributed by atoms with Gasteiger partial charge in [-0.1, -0.05) is 90.0 Å². The van der Waals surface area contributed by atoms with E-state index in [1.165, 1.54) is 103 Å². The van der Waals surface area contributed by atoms with Crippen LogP contribution in [-0.4, -0.2) is 35.1 Å². The van der Waals surface area contributed by atoms with E-state index in [0.717, 1.165) is 31.7 Å². The molecule has 2 rings (SSSR count). The summed E-state index contributed by atoms with van der Waals surface area (Å²) >= 11 is 0. The van der Waals surface area contributed by atoms with Gasteiger partial charge in [0, 0.05) is 30.2 Å². The number of rotatable bonds is 21. The summed E-state index contributed by atoms with van der Waals surface area (Å²) in [5.41, 5.74) is 1.15. The SMILES string of the molecule is CCCCCCCCCCCCCCCC(=O)Oc1ccc(C=C[N+](=O)[O-])c(OC)c1.COc1cc(C=C[N+](=O)[O-])ccc1O. The maximum absolute atomic E-state index is 12.0. The highest BCUT2D eigenvalue weighted by molar-refractivity contribution is 5.73. The first-order valence-electron chi connectivity index (χ1n) is 15.6. The number of phenols is 1. The second kappa shape index (κ2) is 24.0. The van der Waals surface area contributed by atoms with Crippen molar-refractivity contribution < 1.29 is 34.0 Å². The molecule has 0 atom stereocenters. The summed E-state index contributed by atoms with van der Waals surface area (Å²) in [5, 5.41) is 29.7. The number of phenolic OH excluding ortho intramolecular Hbond substituents is 1. The monoisotopic (exact) mass is 628 g/mol. The van der Waals surface area contributed by atoms with Gasteiger partial charge < -0.3 is 19.3 Å². The number of nitro groups is 2. The number of nitrogens with zero attached hydrogens (tertiary/aromatic N) is 2. The number of aromatic hydroxyl groups is 1. The molecule has 0 aromatic heterocycles. The van der Waals surface area contributed by atoms with Gasteiger partial charge in [-0.15, -0.1) is 0 Å². The highest BCUT2D eigenvalue weighted by atomic mass is 16.6. The fourth-order valence-electron chi connectivity index (χ4n) is 4.45. The van der Waals surface area contributed by atoms with Crippen molar-refractivity contribution in [1.29, 1.82) is 0 Å². The van der Waals surface area contributed by atoms with E-state index in [0.29, 0.717) is 29.0 Å². The Bertz CT molecular complexity index is 1230. The Morgan fingerprint density at radius 2 is 1.27 bits per heavy atom. The van der Waals surface area contributed by atoms with E-state index < -0.39 is 9.85 Å². The van der Waals surface area contributed by atoms with Crippen molar-refractivity contribution in [3.05, 3.63) is 80.2 Å². The van der Waals surface area contributed by atoms with Crippen molar-refractivity contribution in [2.24, 2.45) is 0 Å². The molecule has 0 radical (unpaired) electrons. The molecule has 248 valence electrons. The summed E-state index contributed by atoms with van der Waals surface area (Å²) in [6, 6.07) is 9.30. The number of unbranched alkanes of at least 4 members (excludes halogenated alkanes) is 12. The Morgan fingerprint density at radius 1 is 0.733 bits per heavy atom. The van der Waals surface area contributed by atoms with E-state index >= 15 is 0 Å². The molecular formula is C34H48N2O9. The summed E-state index contributed by atoms with van der Waals surface area (Å²) in [6.07, 6.45) is 21.2. The Balaban J connectivity index is 0.000000600. The number of hydrogen-bond acceptors (Lipinski definition) is 9. The molecule has 0 spiro atoms. The summed E-state index contributed by atoms with van der Waals surface area (Å²) in [5.74, 6) is 0.833. The predicted octanol–water partition coefficient (Wildman–Crippen LogP) is 8.98. The van der Waals surface area contributed by atoms with Crippen molar-refractivity contribution in [3.63, 3.8) is 0 Å². The molecule has 0 fully saturated rings. The third-order valence-electron chi connectivity index (χ3n) is 6.89. The highest BCUT2D eigenvalue weighted by Crippen LogP contribution is 2.27.